The van der Waals surface area contributed by atoms with Crippen molar-refractivity contribution in [2.24, 2.45) is 20.5 Å². The molecule has 0 amide bonds. The molecule has 4 aromatic carbocycles. The summed E-state index contributed by atoms with van der Waals surface area (Å²) < 4.78 is 9.45. The van der Waals surface area contributed by atoms with E-state index in [-0.39, 0.29) is 0 Å². The van der Waals surface area contributed by atoms with Gasteiger partial charge in [0.15, 0.2) is 0 Å². The lowest BCUT2D eigenvalue weighted by molar-refractivity contribution is 0.0592. The normalized spacial score (nSPS) is 11.1. The van der Waals surface area contributed by atoms with Crippen LogP contribution in [0.4, 0.5) is 22.7 Å². The molecule has 2 heterocycles. The molecule has 0 unspecified atom stereocenters. The lowest BCUT2D eigenvalue weighted by Gasteiger charge is -2.07. The number of hydrogen-bond donors (Lipinski definition) is 0. The summed E-state index contributed by atoms with van der Waals surface area (Å²) in [7, 11) is 2.69. The fourth-order valence-corrected chi connectivity index (χ4v) is 4.74. The third-order valence-electron chi connectivity index (χ3n) is 7.32. The number of esters is 2. The van der Waals surface area contributed by atoms with Crippen molar-refractivity contribution in [2.75, 3.05) is 14.2 Å². The number of benzene rings is 4. The van der Waals surface area contributed by atoms with Crippen LogP contribution in [-0.2, 0) is 9.47 Å². The summed E-state index contributed by atoms with van der Waals surface area (Å²) in [5.74, 6) is -0.794. The number of azo groups is 2. The van der Waals surface area contributed by atoms with E-state index < -0.39 is 11.9 Å². The van der Waals surface area contributed by atoms with Gasteiger partial charge in [0.1, 0.15) is 0 Å². The molecule has 0 fully saturated rings. The van der Waals surface area contributed by atoms with E-state index in [1.165, 1.54) is 14.2 Å². The zero-order chi connectivity index (χ0) is 33.3. The molecule has 0 saturated carbocycles. The molecular formula is C38H28N6O4. The summed E-state index contributed by atoms with van der Waals surface area (Å²) in [6.45, 7) is 0. The van der Waals surface area contributed by atoms with Crippen molar-refractivity contribution in [3.05, 3.63) is 145 Å². The molecule has 6 rings (SSSR count). The summed E-state index contributed by atoms with van der Waals surface area (Å²) in [6.07, 6.45) is 3.54. The predicted octanol–water partition coefficient (Wildman–Crippen LogP) is 9.88. The van der Waals surface area contributed by atoms with Gasteiger partial charge in [0.25, 0.3) is 0 Å². The third-order valence-corrected chi connectivity index (χ3v) is 7.32. The molecule has 2 aromatic heterocycles. The molecule has 10 nitrogen and oxygen atoms in total. The second kappa shape index (κ2) is 14.6. The molecule has 48 heavy (non-hydrogen) atoms. The van der Waals surface area contributed by atoms with Gasteiger partial charge < -0.3 is 9.47 Å². The molecule has 10 heteroatoms. The Morgan fingerprint density at radius 2 is 0.750 bits per heavy atom. The van der Waals surface area contributed by atoms with Crippen molar-refractivity contribution in [3.8, 4) is 33.6 Å². The van der Waals surface area contributed by atoms with Crippen LogP contribution < -0.4 is 0 Å². The minimum atomic E-state index is -0.397. The number of carbonyl (C=O) groups is 2. The van der Waals surface area contributed by atoms with Crippen LogP contribution in [0.3, 0.4) is 0 Å². The highest BCUT2D eigenvalue weighted by molar-refractivity contribution is 5.90. The van der Waals surface area contributed by atoms with Crippen LogP contribution in [0.25, 0.3) is 33.6 Å². The van der Waals surface area contributed by atoms with Crippen LogP contribution in [0.2, 0.25) is 0 Å². The summed E-state index contributed by atoms with van der Waals surface area (Å²) >= 11 is 0. The second-order valence-electron chi connectivity index (χ2n) is 10.4. The maximum Gasteiger partial charge on any atom is 0.337 e. The molecule has 234 valence electrons. The first-order chi connectivity index (χ1) is 23.5. The Labute approximate surface area is 276 Å². The number of carbonyl (C=O) groups excluding carboxylic acids is 2. The Hall–Kier alpha value is -6.68. The maximum absolute atomic E-state index is 11.6. The van der Waals surface area contributed by atoms with Crippen molar-refractivity contribution in [1.29, 1.82) is 0 Å². The van der Waals surface area contributed by atoms with Crippen molar-refractivity contribution in [3.63, 3.8) is 0 Å². The van der Waals surface area contributed by atoms with Crippen LogP contribution in [-0.4, -0.2) is 36.1 Å². The minimum Gasteiger partial charge on any atom is -0.465 e. The molecule has 0 aliphatic heterocycles. The Bertz CT molecular complexity index is 1960. The van der Waals surface area contributed by atoms with E-state index >= 15 is 0 Å². The van der Waals surface area contributed by atoms with Gasteiger partial charge in [-0.3, -0.25) is 9.97 Å². The Balaban J connectivity index is 1.12. The van der Waals surface area contributed by atoms with Crippen molar-refractivity contribution in [1.82, 2.24) is 9.97 Å². The first-order valence-electron chi connectivity index (χ1n) is 14.8. The Morgan fingerprint density at radius 1 is 0.438 bits per heavy atom. The van der Waals surface area contributed by atoms with Gasteiger partial charge in [0.05, 0.1) is 59.5 Å². The zero-order valence-electron chi connectivity index (χ0n) is 26.0. The maximum atomic E-state index is 11.6. The van der Waals surface area contributed by atoms with E-state index in [2.05, 4.69) is 30.4 Å². The van der Waals surface area contributed by atoms with Crippen molar-refractivity contribution >= 4 is 34.7 Å². The van der Waals surface area contributed by atoms with E-state index in [1.807, 2.05) is 72.8 Å². The van der Waals surface area contributed by atoms with Crippen LogP contribution in [0.15, 0.2) is 154 Å². The van der Waals surface area contributed by atoms with Crippen LogP contribution in [0.5, 0.6) is 0 Å². The molecule has 0 spiro atoms. The monoisotopic (exact) mass is 632 g/mol. The molecule has 0 atom stereocenters. The van der Waals surface area contributed by atoms with E-state index in [0.29, 0.717) is 33.9 Å². The third kappa shape index (κ3) is 7.57. The molecule has 6 aromatic rings. The smallest absolute Gasteiger partial charge is 0.337 e. The minimum absolute atomic E-state index is 0.397. The summed E-state index contributed by atoms with van der Waals surface area (Å²) in [4.78, 5) is 32.4. The molecule has 0 saturated heterocycles. The standard InChI is InChI=1S/C38H28N6O4/c1-47-37(45)27-7-15-33(16-8-27)43-41-31-11-3-25(4-12-31)29-19-21-39-35(23-29)36-24-30(20-22-40-36)26-5-13-32(14-6-26)42-44-34-17-9-28(10-18-34)38(46)48-2/h3-24H,1-2H3. The van der Waals surface area contributed by atoms with Gasteiger partial charge in [0.2, 0.25) is 0 Å². The SMILES string of the molecule is COC(=O)c1ccc(N=Nc2ccc(-c3ccnc(-c4cc(-c5ccc(N=Nc6ccc(C(=O)OC)cc6)cc5)ccn4)c3)cc2)cc1. The van der Waals surface area contributed by atoms with Gasteiger partial charge in [-0.1, -0.05) is 24.3 Å². The fourth-order valence-electron chi connectivity index (χ4n) is 4.74. The Morgan fingerprint density at radius 3 is 1.06 bits per heavy atom. The number of methoxy groups -OCH3 is 2. The lowest BCUT2D eigenvalue weighted by atomic mass is 10.0. The number of rotatable bonds is 9. The van der Waals surface area contributed by atoms with Crippen LogP contribution in [0.1, 0.15) is 20.7 Å². The second-order valence-corrected chi connectivity index (χ2v) is 10.4. The average molecular weight is 633 g/mol. The van der Waals surface area contributed by atoms with Crippen molar-refractivity contribution < 1.29 is 19.1 Å². The fraction of sp³-hybridized carbons (Fsp3) is 0.0526. The highest BCUT2D eigenvalue weighted by Crippen LogP contribution is 2.30. The highest BCUT2D eigenvalue weighted by atomic mass is 16.5. The van der Waals surface area contributed by atoms with Gasteiger partial charge in [-0.2, -0.15) is 20.5 Å². The molecule has 0 aliphatic rings. The predicted molar refractivity (Wildman–Crippen MR) is 182 cm³/mol. The first kappa shape index (κ1) is 31.3. The number of hydrogen-bond acceptors (Lipinski definition) is 10. The van der Waals surface area contributed by atoms with Gasteiger partial charge in [-0.05, 0) is 119 Å². The van der Waals surface area contributed by atoms with E-state index in [1.54, 1.807) is 60.9 Å². The lowest BCUT2D eigenvalue weighted by Crippen LogP contribution is -1.99. The van der Waals surface area contributed by atoms with E-state index in [0.717, 1.165) is 33.6 Å². The van der Waals surface area contributed by atoms with Gasteiger partial charge >= 0.3 is 11.9 Å². The van der Waals surface area contributed by atoms with E-state index in [4.69, 9.17) is 9.47 Å². The van der Waals surface area contributed by atoms with Gasteiger partial charge in [0, 0.05) is 12.4 Å². The molecule has 0 radical (unpaired) electrons. The quantitative estimate of drug-likeness (QED) is 0.115. The van der Waals surface area contributed by atoms with Gasteiger partial charge in [-0.25, -0.2) is 9.59 Å². The van der Waals surface area contributed by atoms with Gasteiger partial charge in [-0.15, -0.1) is 0 Å². The molecular weight excluding hydrogens is 604 g/mol. The topological polar surface area (TPSA) is 128 Å². The van der Waals surface area contributed by atoms with Crippen LogP contribution in [0, 0.1) is 0 Å². The molecule has 0 N–H and O–H groups in total. The number of pyridine rings is 2. The largest absolute Gasteiger partial charge is 0.465 e. The number of ether oxygens (including phenoxy) is 2. The zero-order valence-corrected chi connectivity index (χ0v) is 26.0. The highest BCUT2D eigenvalue weighted by Gasteiger charge is 2.08. The average Bonchev–Trinajstić information content (AvgIpc) is 3.16. The molecule has 0 aliphatic carbocycles. The molecule has 0 bridgehead atoms. The van der Waals surface area contributed by atoms with Crippen molar-refractivity contribution in [2.45, 2.75) is 0 Å². The van der Waals surface area contributed by atoms with Crippen LogP contribution >= 0.6 is 0 Å². The number of nitrogens with zero attached hydrogens (tertiary/aromatic N) is 6. The summed E-state index contributed by atoms with van der Waals surface area (Å²) in [6, 6.07) is 36.9. The Kier molecular flexibility index (Phi) is 9.53. The van der Waals surface area contributed by atoms with E-state index in [9.17, 15) is 9.59 Å². The first-order valence-corrected chi connectivity index (χ1v) is 14.8. The summed E-state index contributed by atoms with van der Waals surface area (Å²) in [5.41, 5.74) is 9.03. The summed E-state index contributed by atoms with van der Waals surface area (Å²) in [5, 5.41) is 17.1. The number of aromatic nitrogens is 2.